The Hall–Kier alpha value is -1.41. The van der Waals surface area contributed by atoms with Crippen molar-refractivity contribution >= 4 is 10.8 Å². The SMILES string of the molecule is c1cc2cc3c(cc2cn1)C[N]CC3. The summed E-state index contributed by atoms with van der Waals surface area (Å²) in [5.41, 5.74) is 2.83. The number of fused-ring (bicyclic) bond motifs is 2. The molecule has 0 atom stereocenters. The largest absolute Gasteiger partial charge is 0.264 e. The quantitative estimate of drug-likeness (QED) is 0.612. The average molecular weight is 183 g/mol. The molecule has 0 amide bonds. The first-order valence-corrected chi connectivity index (χ1v) is 4.92. The lowest BCUT2D eigenvalue weighted by Gasteiger charge is -2.16. The predicted octanol–water partition coefficient (Wildman–Crippen LogP) is 1.90. The summed E-state index contributed by atoms with van der Waals surface area (Å²) in [6.07, 6.45) is 4.86. The van der Waals surface area contributed by atoms with Crippen LogP contribution in [-0.4, -0.2) is 11.5 Å². The zero-order chi connectivity index (χ0) is 9.38. The summed E-state index contributed by atoms with van der Waals surface area (Å²) in [6, 6.07) is 6.57. The number of hydrogen-bond acceptors (Lipinski definition) is 1. The second kappa shape index (κ2) is 3.07. The topological polar surface area (TPSA) is 27.0 Å². The van der Waals surface area contributed by atoms with Gasteiger partial charge in [0.25, 0.3) is 0 Å². The number of hydrogen-bond donors (Lipinski definition) is 0. The molecule has 1 aromatic heterocycles. The van der Waals surface area contributed by atoms with Crippen LogP contribution in [0.2, 0.25) is 0 Å². The van der Waals surface area contributed by atoms with Crippen molar-refractivity contribution in [2.24, 2.45) is 0 Å². The first-order chi connectivity index (χ1) is 6.93. The third-order valence-electron chi connectivity index (χ3n) is 2.78. The van der Waals surface area contributed by atoms with Gasteiger partial charge in [-0.1, -0.05) is 6.07 Å². The van der Waals surface area contributed by atoms with Crippen LogP contribution in [-0.2, 0) is 13.0 Å². The third-order valence-corrected chi connectivity index (χ3v) is 2.78. The highest BCUT2D eigenvalue weighted by molar-refractivity contribution is 5.83. The molecule has 14 heavy (non-hydrogen) atoms. The Balaban J connectivity index is 2.27. The van der Waals surface area contributed by atoms with Crippen LogP contribution in [0.4, 0.5) is 0 Å². The Labute approximate surface area is 83.0 Å². The predicted molar refractivity (Wildman–Crippen MR) is 56.2 cm³/mol. The lowest BCUT2D eigenvalue weighted by Crippen LogP contribution is -2.17. The molecule has 0 saturated heterocycles. The molecular weight excluding hydrogens is 172 g/mol. The van der Waals surface area contributed by atoms with Crippen molar-refractivity contribution in [3.8, 4) is 0 Å². The lowest BCUT2D eigenvalue weighted by atomic mass is 9.97. The molecule has 2 heterocycles. The zero-order valence-corrected chi connectivity index (χ0v) is 7.90. The second-order valence-corrected chi connectivity index (χ2v) is 3.70. The Morgan fingerprint density at radius 3 is 3.00 bits per heavy atom. The van der Waals surface area contributed by atoms with Gasteiger partial charge in [0.05, 0.1) is 0 Å². The summed E-state index contributed by atoms with van der Waals surface area (Å²) in [6.45, 7) is 1.85. The highest BCUT2D eigenvalue weighted by Gasteiger charge is 2.09. The summed E-state index contributed by atoms with van der Waals surface area (Å²) in [4.78, 5) is 4.13. The van der Waals surface area contributed by atoms with Crippen molar-refractivity contribution in [3.05, 3.63) is 41.7 Å². The van der Waals surface area contributed by atoms with Crippen LogP contribution in [0.3, 0.4) is 0 Å². The average Bonchev–Trinajstić information content (AvgIpc) is 2.26. The molecule has 0 bridgehead atoms. The van der Waals surface area contributed by atoms with Crippen molar-refractivity contribution in [2.45, 2.75) is 13.0 Å². The van der Waals surface area contributed by atoms with E-state index in [0.717, 1.165) is 19.5 Å². The first kappa shape index (κ1) is 7.94. The van der Waals surface area contributed by atoms with E-state index in [0.29, 0.717) is 0 Å². The molecule has 0 unspecified atom stereocenters. The van der Waals surface area contributed by atoms with Crippen molar-refractivity contribution in [1.29, 1.82) is 0 Å². The third kappa shape index (κ3) is 1.19. The molecule has 1 radical (unpaired) electrons. The number of aromatic nitrogens is 1. The van der Waals surface area contributed by atoms with E-state index in [4.69, 9.17) is 0 Å². The monoisotopic (exact) mass is 183 g/mol. The normalized spacial score (nSPS) is 15.4. The molecule has 0 aliphatic carbocycles. The molecule has 69 valence electrons. The smallest absolute Gasteiger partial charge is 0.0387 e. The fourth-order valence-electron chi connectivity index (χ4n) is 2.01. The van der Waals surface area contributed by atoms with Gasteiger partial charge in [-0.15, -0.1) is 0 Å². The van der Waals surface area contributed by atoms with Crippen LogP contribution in [0.1, 0.15) is 11.1 Å². The Kier molecular flexibility index (Phi) is 1.74. The molecule has 0 spiro atoms. The molecular formula is C12H11N2. The number of pyridine rings is 1. The van der Waals surface area contributed by atoms with Gasteiger partial charge in [0.1, 0.15) is 0 Å². The first-order valence-electron chi connectivity index (χ1n) is 4.92. The van der Waals surface area contributed by atoms with Crippen LogP contribution >= 0.6 is 0 Å². The Bertz CT molecular complexity index is 432. The summed E-state index contributed by atoms with van der Waals surface area (Å²) in [7, 11) is 0. The summed E-state index contributed by atoms with van der Waals surface area (Å²) >= 11 is 0. The van der Waals surface area contributed by atoms with Crippen LogP contribution in [0, 0.1) is 0 Å². The maximum atomic E-state index is 4.40. The minimum absolute atomic E-state index is 0.875. The standard InChI is InChI=1S/C12H11N2/c1-3-13-7-11-6-12-8-14-4-2-10(12)5-9(1)11/h1,3,5-7H,2,4,8H2. The van der Waals surface area contributed by atoms with E-state index in [9.17, 15) is 0 Å². The highest BCUT2D eigenvalue weighted by atomic mass is 14.9. The van der Waals surface area contributed by atoms with E-state index in [1.807, 2.05) is 12.4 Å². The van der Waals surface area contributed by atoms with E-state index in [2.05, 4.69) is 28.5 Å². The lowest BCUT2D eigenvalue weighted by molar-refractivity contribution is 0.631. The molecule has 1 aliphatic rings. The fraction of sp³-hybridized carbons (Fsp3) is 0.250. The van der Waals surface area contributed by atoms with E-state index in [-0.39, 0.29) is 0 Å². The fourth-order valence-corrected chi connectivity index (χ4v) is 2.01. The van der Waals surface area contributed by atoms with Crippen LogP contribution in [0.5, 0.6) is 0 Å². The van der Waals surface area contributed by atoms with Gasteiger partial charge in [-0.3, -0.25) is 4.98 Å². The van der Waals surface area contributed by atoms with Gasteiger partial charge in [0.15, 0.2) is 0 Å². The summed E-state index contributed by atoms with van der Waals surface area (Å²) < 4.78 is 0. The van der Waals surface area contributed by atoms with Gasteiger partial charge < -0.3 is 0 Å². The van der Waals surface area contributed by atoms with Crippen molar-refractivity contribution in [2.75, 3.05) is 6.54 Å². The highest BCUT2D eigenvalue weighted by Crippen LogP contribution is 2.21. The van der Waals surface area contributed by atoms with Gasteiger partial charge in [0, 0.05) is 30.9 Å². The van der Waals surface area contributed by atoms with E-state index in [1.165, 1.54) is 21.9 Å². The number of rotatable bonds is 0. The van der Waals surface area contributed by atoms with E-state index < -0.39 is 0 Å². The minimum atomic E-state index is 0.875. The molecule has 1 aromatic carbocycles. The van der Waals surface area contributed by atoms with Gasteiger partial charge in [-0.2, -0.15) is 0 Å². The summed E-state index contributed by atoms with van der Waals surface area (Å²) in [5.74, 6) is 0. The van der Waals surface area contributed by atoms with Crippen molar-refractivity contribution < 1.29 is 0 Å². The molecule has 2 heteroatoms. The molecule has 2 nitrogen and oxygen atoms in total. The van der Waals surface area contributed by atoms with Gasteiger partial charge >= 0.3 is 0 Å². The number of benzene rings is 1. The Morgan fingerprint density at radius 2 is 2.00 bits per heavy atom. The maximum absolute atomic E-state index is 4.40. The van der Waals surface area contributed by atoms with Crippen LogP contribution in [0.15, 0.2) is 30.6 Å². The van der Waals surface area contributed by atoms with Crippen LogP contribution < -0.4 is 5.32 Å². The van der Waals surface area contributed by atoms with Crippen molar-refractivity contribution in [1.82, 2.24) is 10.3 Å². The molecule has 3 rings (SSSR count). The molecule has 0 fully saturated rings. The van der Waals surface area contributed by atoms with Gasteiger partial charge in [-0.25, -0.2) is 5.32 Å². The van der Waals surface area contributed by atoms with E-state index >= 15 is 0 Å². The second-order valence-electron chi connectivity index (χ2n) is 3.70. The molecule has 0 saturated carbocycles. The van der Waals surface area contributed by atoms with Crippen LogP contribution in [0.25, 0.3) is 10.8 Å². The summed E-state index contributed by atoms with van der Waals surface area (Å²) in [5, 5.41) is 6.92. The van der Waals surface area contributed by atoms with Gasteiger partial charge in [-0.05, 0) is 35.1 Å². The molecule has 1 aliphatic heterocycles. The number of nitrogens with zero attached hydrogens (tertiary/aromatic N) is 2. The van der Waals surface area contributed by atoms with E-state index in [1.54, 1.807) is 0 Å². The Morgan fingerprint density at radius 1 is 1.07 bits per heavy atom. The molecule has 2 aromatic rings. The zero-order valence-electron chi connectivity index (χ0n) is 7.90. The van der Waals surface area contributed by atoms with Gasteiger partial charge in [0.2, 0.25) is 0 Å². The molecule has 0 N–H and O–H groups in total. The maximum Gasteiger partial charge on any atom is 0.0387 e. The van der Waals surface area contributed by atoms with Crippen molar-refractivity contribution in [3.63, 3.8) is 0 Å². The minimum Gasteiger partial charge on any atom is -0.264 e.